The van der Waals surface area contributed by atoms with E-state index in [2.05, 4.69) is 5.32 Å². The zero-order valence-electron chi connectivity index (χ0n) is 10.1. The van der Waals surface area contributed by atoms with Crippen molar-refractivity contribution in [3.8, 4) is 0 Å². The van der Waals surface area contributed by atoms with E-state index in [4.69, 9.17) is 9.88 Å². The molecule has 1 amide bonds. The summed E-state index contributed by atoms with van der Waals surface area (Å²) in [5.74, 6) is -0.205. The minimum Gasteiger partial charge on any atom is -0.378 e. The largest absolute Gasteiger partial charge is 0.378 e. The number of nitrogens with two attached hydrogens (primary N) is 1. The SMILES string of the molecule is COC1(CC(=O)NCCCS(N)(=O)=O)CCC1. The van der Waals surface area contributed by atoms with Crippen LogP contribution in [-0.4, -0.2) is 39.3 Å². The van der Waals surface area contributed by atoms with Gasteiger partial charge in [0.1, 0.15) is 0 Å². The van der Waals surface area contributed by atoms with Crippen molar-refractivity contribution in [3.05, 3.63) is 0 Å². The van der Waals surface area contributed by atoms with Crippen LogP contribution in [-0.2, 0) is 19.6 Å². The van der Waals surface area contributed by atoms with Crippen molar-refractivity contribution in [2.24, 2.45) is 5.14 Å². The van der Waals surface area contributed by atoms with E-state index in [0.717, 1.165) is 19.3 Å². The van der Waals surface area contributed by atoms with Crippen molar-refractivity contribution in [1.29, 1.82) is 0 Å². The summed E-state index contributed by atoms with van der Waals surface area (Å²) < 4.78 is 26.6. The molecule has 1 fully saturated rings. The number of hydrogen-bond acceptors (Lipinski definition) is 4. The fourth-order valence-electron chi connectivity index (χ4n) is 1.88. The van der Waals surface area contributed by atoms with Crippen molar-refractivity contribution >= 4 is 15.9 Å². The molecule has 0 aliphatic heterocycles. The zero-order chi connectivity index (χ0) is 12.9. The number of carbonyl (C=O) groups excluding carboxylic acids is 1. The van der Waals surface area contributed by atoms with Crippen LogP contribution >= 0.6 is 0 Å². The van der Waals surface area contributed by atoms with Crippen LogP contribution in [0.5, 0.6) is 0 Å². The third-order valence-electron chi connectivity index (χ3n) is 3.11. The van der Waals surface area contributed by atoms with Crippen LogP contribution in [0.2, 0.25) is 0 Å². The standard InChI is InChI=1S/C10H20N2O4S/c1-16-10(4-2-5-10)8-9(13)12-6-3-7-17(11,14)15/h2-8H2,1H3,(H,12,13)(H2,11,14,15). The molecule has 1 saturated carbocycles. The maximum atomic E-state index is 11.6. The molecule has 0 heterocycles. The quantitative estimate of drug-likeness (QED) is 0.619. The van der Waals surface area contributed by atoms with Crippen LogP contribution < -0.4 is 10.5 Å². The highest BCUT2D eigenvalue weighted by atomic mass is 32.2. The van der Waals surface area contributed by atoms with Crippen molar-refractivity contribution in [1.82, 2.24) is 5.32 Å². The summed E-state index contributed by atoms with van der Waals surface area (Å²) in [5, 5.41) is 7.52. The van der Waals surface area contributed by atoms with Crippen molar-refractivity contribution < 1.29 is 17.9 Å². The smallest absolute Gasteiger partial charge is 0.222 e. The Bertz CT molecular complexity index is 357. The summed E-state index contributed by atoms with van der Waals surface area (Å²) in [6.45, 7) is 0.328. The van der Waals surface area contributed by atoms with Crippen LogP contribution in [0.25, 0.3) is 0 Å². The van der Waals surface area contributed by atoms with Gasteiger partial charge < -0.3 is 10.1 Å². The van der Waals surface area contributed by atoms with E-state index in [-0.39, 0.29) is 17.3 Å². The minimum atomic E-state index is -3.43. The van der Waals surface area contributed by atoms with Gasteiger partial charge in [0, 0.05) is 13.7 Å². The van der Waals surface area contributed by atoms with Crippen molar-refractivity contribution in [3.63, 3.8) is 0 Å². The molecule has 3 N–H and O–H groups in total. The molecule has 0 atom stereocenters. The Hall–Kier alpha value is -0.660. The number of amides is 1. The Labute approximate surface area is 102 Å². The van der Waals surface area contributed by atoms with E-state index in [1.165, 1.54) is 0 Å². The molecule has 100 valence electrons. The Morgan fingerprint density at radius 2 is 2.12 bits per heavy atom. The monoisotopic (exact) mass is 264 g/mol. The lowest BCUT2D eigenvalue weighted by molar-refractivity contribution is -0.134. The second-order valence-electron chi connectivity index (χ2n) is 4.49. The molecule has 7 heteroatoms. The summed E-state index contributed by atoms with van der Waals surface area (Å²) in [4.78, 5) is 11.6. The molecule has 0 aromatic carbocycles. The van der Waals surface area contributed by atoms with E-state index in [0.29, 0.717) is 19.4 Å². The zero-order valence-corrected chi connectivity index (χ0v) is 10.9. The number of hydrogen-bond donors (Lipinski definition) is 2. The number of carbonyl (C=O) groups is 1. The number of ether oxygens (including phenoxy) is 1. The van der Waals surface area contributed by atoms with Gasteiger partial charge in [0.25, 0.3) is 0 Å². The molecule has 0 bridgehead atoms. The van der Waals surface area contributed by atoms with Crippen LogP contribution in [0, 0.1) is 0 Å². The van der Waals surface area contributed by atoms with Gasteiger partial charge in [-0.1, -0.05) is 0 Å². The number of primary sulfonamides is 1. The summed E-state index contributed by atoms with van der Waals surface area (Å²) >= 11 is 0. The van der Waals surface area contributed by atoms with E-state index >= 15 is 0 Å². The average molecular weight is 264 g/mol. The van der Waals surface area contributed by atoms with Crippen LogP contribution in [0.1, 0.15) is 32.1 Å². The first kappa shape index (κ1) is 14.4. The third kappa shape index (κ3) is 5.01. The molecule has 0 saturated heterocycles. The van der Waals surface area contributed by atoms with E-state index in [1.807, 2.05) is 0 Å². The average Bonchev–Trinajstić information content (AvgIpc) is 2.17. The van der Waals surface area contributed by atoms with Gasteiger partial charge in [0.05, 0.1) is 17.8 Å². The van der Waals surface area contributed by atoms with Crippen LogP contribution in [0.3, 0.4) is 0 Å². The first-order valence-electron chi connectivity index (χ1n) is 5.69. The summed E-state index contributed by atoms with van der Waals surface area (Å²) in [5.41, 5.74) is -0.288. The first-order chi connectivity index (χ1) is 7.87. The second kappa shape index (κ2) is 5.79. The number of sulfonamides is 1. The van der Waals surface area contributed by atoms with Gasteiger partial charge in [0.15, 0.2) is 0 Å². The molecule has 1 aliphatic carbocycles. The number of nitrogens with one attached hydrogen (secondary N) is 1. The van der Waals surface area contributed by atoms with Gasteiger partial charge in [-0.25, -0.2) is 13.6 Å². The van der Waals surface area contributed by atoms with E-state index in [1.54, 1.807) is 7.11 Å². The lowest BCUT2D eigenvalue weighted by atomic mass is 9.77. The molecule has 0 spiro atoms. The Balaban J connectivity index is 2.17. The highest BCUT2D eigenvalue weighted by Crippen LogP contribution is 2.37. The van der Waals surface area contributed by atoms with Gasteiger partial charge >= 0.3 is 0 Å². The van der Waals surface area contributed by atoms with Crippen molar-refractivity contribution in [2.75, 3.05) is 19.4 Å². The number of methoxy groups -OCH3 is 1. The fraction of sp³-hybridized carbons (Fsp3) is 0.900. The van der Waals surface area contributed by atoms with Crippen LogP contribution in [0.4, 0.5) is 0 Å². The summed E-state index contributed by atoms with van der Waals surface area (Å²) in [7, 11) is -1.81. The molecule has 17 heavy (non-hydrogen) atoms. The highest BCUT2D eigenvalue weighted by Gasteiger charge is 2.38. The second-order valence-corrected chi connectivity index (χ2v) is 6.22. The first-order valence-corrected chi connectivity index (χ1v) is 7.41. The normalized spacial score (nSPS) is 18.5. The molecular formula is C10H20N2O4S. The molecule has 0 aromatic rings. The minimum absolute atomic E-state index is 0.0963. The maximum absolute atomic E-state index is 11.6. The maximum Gasteiger partial charge on any atom is 0.222 e. The van der Waals surface area contributed by atoms with Crippen LogP contribution in [0.15, 0.2) is 0 Å². The highest BCUT2D eigenvalue weighted by molar-refractivity contribution is 7.89. The van der Waals surface area contributed by atoms with Gasteiger partial charge in [-0.15, -0.1) is 0 Å². The lowest BCUT2D eigenvalue weighted by Crippen LogP contribution is -2.44. The number of rotatable bonds is 7. The van der Waals surface area contributed by atoms with Crippen molar-refractivity contribution in [2.45, 2.75) is 37.7 Å². The summed E-state index contributed by atoms with van der Waals surface area (Å²) in [6.07, 6.45) is 3.60. The van der Waals surface area contributed by atoms with E-state index in [9.17, 15) is 13.2 Å². The topological polar surface area (TPSA) is 98.5 Å². The van der Waals surface area contributed by atoms with E-state index < -0.39 is 10.0 Å². The van der Waals surface area contributed by atoms with Gasteiger partial charge in [-0.2, -0.15) is 0 Å². The molecule has 0 unspecified atom stereocenters. The molecular weight excluding hydrogens is 244 g/mol. The Kier molecular flexibility index (Phi) is 4.91. The van der Waals surface area contributed by atoms with Gasteiger partial charge in [0.2, 0.25) is 15.9 Å². The van der Waals surface area contributed by atoms with Gasteiger partial charge in [-0.05, 0) is 25.7 Å². The Morgan fingerprint density at radius 3 is 2.53 bits per heavy atom. The molecule has 6 nitrogen and oxygen atoms in total. The third-order valence-corrected chi connectivity index (χ3v) is 3.97. The molecule has 1 rings (SSSR count). The Morgan fingerprint density at radius 1 is 1.47 bits per heavy atom. The fourth-order valence-corrected chi connectivity index (χ4v) is 2.43. The lowest BCUT2D eigenvalue weighted by Gasteiger charge is -2.39. The predicted octanol–water partition coefficient (Wildman–Crippen LogP) is -0.260. The molecule has 1 aliphatic rings. The molecule has 0 aromatic heterocycles. The molecule has 0 radical (unpaired) electrons. The van der Waals surface area contributed by atoms with Gasteiger partial charge in [-0.3, -0.25) is 4.79 Å². The summed E-state index contributed by atoms with van der Waals surface area (Å²) in [6, 6.07) is 0. The predicted molar refractivity (Wildman–Crippen MR) is 63.8 cm³/mol.